The molecule has 1 N–H and O–H groups in total. The molecule has 2 aromatic rings. The van der Waals surface area contributed by atoms with E-state index in [1.54, 1.807) is 0 Å². The Labute approximate surface area is 167 Å². The number of hydrogen-bond acceptors (Lipinski definition) is 1. The van der Waals surface area contributed by atoms with Crippen LogP contribution in [0, 0.1) is 0 Å². The Balaban J connectivity index is 3.00. The molecule has 0 saturated carbocycles. The lowest BCUT2D eigenvalue weighted by Gasteiger charge is -2.30. The Kier molecular flexibility index (Phi) is 6.00. The molecule has 0 saturated heterocycles. The summed E-state index contributed by atoms with van der Waals surface area (Å²) in [6, 6.07) is 1.52. The normalized spacial score (nSPS) is 14.1. The van der Waals surface area contributed by atoms with Gasteiger partial charge in [0.25, 0.3) is 8.32 Å². The summed E-state index contributed by atoms with van der Waals surface area (Å²) in [5, 5.41) is -3.11. The van der Waals surface area contributed by atoms with Gasteiger partial charge in [-0.1, -0.05) is 24.3 Å². The molecule has 31 heavy (non-hydrogen) atoms. The van der Waals surface area contributed by atoms with E-state index in [1.165, 1.54) is 0 Å². The summed E-state index contributed by atoms with van der Waals surface area (Å²) in [5.41, 5.74) is -9.48. The van der Waals surface area contributed by atoms with Gasteiger partial charge in [-0.25, -0.2) is 0 Å². The van der Waals surface area contributed by atoms with Crippen LogP contribution in [-0.2, 0) is 24.7 Å². The highest BCUT2D eigenvalue weighted by atomic mass is 28.4. The third kappa shape index (κ3) is 4.84. The average molecular weight is 486 g/mol. The largest absolute Gasteiger partial charge is 0.424 e. The van der Waals surface area contributed by atoms with Crippen LogP contribution in [0.3, 0.4) is 0 Å². The van der Waals surface area contributed by atoms with Crippen LogP contribution in [0.25, 0.3) is 0 Å². The van der Waals surface area contributed by atoms with Crippen molar-refractivity contribution in [3.8, 4) is 0 Å². The molecule has 0 aliphatic carbocycles. The van der Waals surface area contributed by atoms with E-state index in [0.29, 0.717) is 30.8 Å². The summed E-state index contributed by atoms with van der Waals surface area (Å²) in [4.78, 5) is 10.7. The molecular weight excluding hydrogens is 476 g/mol. The fraction of sp³-hybridized carbons (Fsp3) is 0.294. The standard InChI is InChI=1S/C17H10F12OSi/c1-31(30,10-6-2-4-8(14(18,19)20)12(10)16(24,25)26)11-7-3-5-9(15(21,22)23)13(11)17(27,28)29/h2-7,30H,1H3. The topological polar surface area (TPSA) is 20.2 Å². The van der Waals surface area contributed by atoms with Gasteiger partial charge in [-0.3, -0.25) is 0 Å². The summed E-state index contributed by atoms with van der Waals surface area (Å²) in [6.07, 6.45) is -22.8. The summed E-state index contributed by atoms with van der Waals surface area (Å²) < 4.78 is 160. The monoisotopic (exact) mass is 486 g/mol. The zero-order valence-corrected chi connectivity index (χ0v) is 15.9. The lowest BCUT2D eigenvalue weighted by molar-refractivity contribution is -0.161. The first kappa shape index (κ1) is 25.0. The molecule has 0 bridgehead atoms. The van der Waals surface area contributed by atoms with Crippen LogP contribution in [-0.4, -0.2) is 13.1 Å². The van der Waals surface area contributed by atoms with Crippen LogP contribution in [0.2, 0.25) is 6.55 Å². The number of rotatable bonds is 2. The molecule has 0 radical (unpaired) electrons. The summed E-state index contributed by atoms with van der Waals surface area (Å²) in [6.45, 7) is 0.391. The second kappa shape index (κ2) is 7.43. The van der Waals surface area contributed by atoms with Crippen LogP contribution in [0.15, 0.2) is 36.4 Å². The molecule has 0 aromatic heterocycles. The van der Waals surface area contributed by atoms with Gasteiger partial charge in [0.2, 0.25) is 0 Å². The highest BCUT2D eigenvalue weighted by Crippen LogP contribution is 2.42. The molecule has 2 aromatic carbocycles. The van der Waals surface area contributed by atoms with Crippen LogP contribution in [0.4, 0.5) is 52.7 Å². The molecule has 0 atom stereocenters. The highest BCUT2D eigenvalue weighted by Gasteiger charge is 2.52. The maximum absolute atomic E-state index is 13.5. The molecule has 1 nitrogen and oxygen atoms in total. The summed E-state index contributed by atoms with van der Waals surface area (Å²) in [5.74, 6) is 0. The fourth-order valence-corrected chi connectivity index (χ4v) is 5.80. The van der Waals surface area contributed by atoms with Crippen molar-refractivity contribution in [2.75, 3.05) is 0 Å². The van der Waals surface area contributed by atoms with Gasteiger partial charge < -0.3 is 4.80 Å². The third-order valence-corrected chi connectivity index (χ3v) is 7.29. The van der Waals surface area contributed by atoms with Crippen LogP contribution >= 0.6 is 0 Å². The van der Waals surface area contributed by atoms with Crippen molar-refractivity contribution >= 4 is 18.7 Å². The van der Waals surface area contributed by atoms with Crippen molar-refractivity contribution in [3.05, 3.63) is 58.7 Å². The number of alkyl halides is 12. The minimum Gasteiger partial charge on any atom is -0.424 e. The van der Waals surface area contributed by atoms with Crippen LogP contribution in [0.5, 0.6) is 0 Å². The SMILES string of the molecule is C[Si](O)(c1cccc(C(F)(F)F)c1C(F)(F)F)c1cccc(C(F)(F)F)c1C(F)(F)F. The van der Waals surface area contributed by atoms with Crippen molar-refractivity contribution in [2.24, 2.45) is 0 Å². The van der Waals surface area contributed by atoms with Crippen LogP contribution < -0.4 is 10.4 Å². The van der Waals surface area contributed by atoms with Gasteiger partial charge in [0, 0.05) is 0 Å². The minimum absolute atomic E-state index is 0.00755. The summed E-state index contributed by atoms with van der Waals surface area (Å²) >= 11 is 0. The third-order valence-electron chi connectivity index (χ3n) is 4.36. The first-order valence-electron chi connectivity index (χ1n) is 7.98. The van der Waals surface area contributed by atoms with E-state index < -0.39 is 65.6 Å². The van der Waals surface area contributed by atoms with Crippen molar-refractivity contribution in [3.63, 3.8) is 0 Å². The highest BCUT2D eigenvalue weighted by molar-refractivity contribution is 6.96. The number of benzene rings is 2. The number of halogens is 12. The van der Waals surface area contributed by atoms with Crippen molar-refractivity contribution in [2.45, 2.75) is 31.3 Å². The van der Waals surface area contributed by atoms with Gasteiger partial charge in [-0.2, -0.15) is 52.7 Å². The van der Waals surface area contributed by atoms with E-state index in [4.69, 9.17) is 0 Å². The molecule has 0 amide bonds. The molecular formula is C17H10F12OSi. The predicted molar refractivity (Wildman–Crippen MR) is 86.0 cm³/mol. The van der Waals surface area contributed by atoms with Crippen molar-refractivity contribution in [1.82, 2.24) is 0 Å². The molecule has 0 heterocycles. The van der Waals surface area contributed by atoms with E-state index in [0.717, 1.165) is 0 Å². The Bertz CT molecular complexity index is 890. The molecule has 2 rings (SSSR count). The lowest BCUT2D eigenvalue weighted by atomic mass is 10.1. The molecule has 0 unspecified atom stereocenters. The number of hydrogen-bond donors (Lipinski definition) is 1. The predicted octanol–water partition coefficient (Wildman–Crippen LogP) is 5.44. The van der Waals surface area contributed by atoms with Gasteiger partial charge in [0.05, 0.1) is 22.3 Å². The van der Waals surface area contributed by atoms with Gasteiger partial charge in [0.15, 0.2) is 0 Å². The van der Waals surface area contributed by atoms with Gasteiger partial charge in [-0.05, 0) is 29.1 Å². The van der Waals surface area contributed by atoms with E-state index in [1.807, 2.05) is 0 Å². The average Bonchev–Trinajstić information content (AvgIpc) is 2.57. The zero-order chi connectivity index (χ0) is 24.2. The van der Waals surface area contributed by atoms with Crippen LogP contribution in [0.1, 0.15) is 22.3 Å². The smallest absolute Gasteiger partial charge is 0.417 e. The first-order valence-corrected chi connectivity index (χ1v) is 10.4. The Morgan fingerprint density at radius 3 is 1.06 bits per heavy atom. The maximum Gasteiger partial charge on any atom is 0.417 e. The van der Waals surface area contributed by atoms with E-state index >= 15 is 0 Å². The molecule has 14 heteroatoms. The summed E-state index contributed by atoms with van der Waals surface area (Å²) in [7, 11) is -5.42. The Hall–Kier alpha value is -2.22. The van der Waals surface area contributed by atoms with Gasteiger partial charge in [0.1, 0.15) is 0 Å². The second-order valence-electron chi connectivity index (χ2n) is 6.52. The fourth-order valence-electron chi connectivity index (χ4n) is 3.14. The maximum atomic E-state index is 13.5. The molecule has 0 aliphatic heterocycles. The minimum atomic E-state index is -5.78. The second-order valence-corrected chi connectivity index (χ2v) is 9.74. The Morgan fingerprint density at radius 1 is 0.548 bits per heavy atom. The molecule has 0 aliphatic rings. The van der Waals surface area contributed by atoms with E-state index in [-0.39, 0.29) is 12.1 Å². The van der Waals surface area contributed by atoms with Crippen molar-refractivity contribution < 1.29 is 57.5 Å². The van der Waals surface area contributed by atoms with E-state index in [9.17, 15) is 57.5 Å². The zero-order valence-electron chi connectivity index (χ0n) is 14.9. The molecule has 0 spiro atoms. The van der Waals surface area contributed by atoms with E-state index in [2.05, 4.69) is 0 Å². The lowest BCUT2D eigenvalue weighted by Crippen LogP contribution is -2.60. The van der Waals surface area contributed by atoms with Crippen molar-refractivity contribution in [1.29, 1.82) is 0 Å². The quantitative estimate of drug-likeness (QED) is 0.443. The first-order chi connectivity index (χ1) is 13.7. The van der Waals surface area contributed by atoms with Gasteiger partial charge in [-0.15, -0.1) is 0 Å². The molecule has 172 valence electrons. The molecule has 0 fully saturated rings. The Morgan fingerprint density at radius 2 is 0.839 bits per heavy atom. The van der Waals surface area contributed by atoms with Gasteiger partial charge >= 0.3 is 24.7 Å².